The van der Waals surface area contributed by atoms with E-state index in [1.807, 2.05) is 20.8 Å². The predicted octanol–water partition coefficient (Wildman–Crippen LogP) is 0.921. The molecule has 2 rings (SSSR count). The lowest BCUT2D eigenvalue weighted by molar-refractivity contribution is 0.533. The minimum absolute atomic E-state index is 0.278. The van der Waals surface area contributed by atoms with E-state index in [0.29, 0.717) is 12.2 Å². The molecule has 0 saturated carbocycles. The van der Waals surface area contributed by atoms with Crippen molar-refractivity contribution in [3.05, 3.63) is 17.0 Å². The highest BCUT2D eigenvalue weighted by Crippen LogP contribution is 2.30. The van der Waals surface area contributed by atoms with Crippen molar-refractivity contribution in [1.82, 2.24) is 9.19 Å². The number of aromatic nitrogens is 2. The third-order valence-corrected chi connectivity index (χ3v) is 3.35. The Hall–Kier alpha value is -1.17. The first kappa shape index (κ1) is 11.3. The lowest BCUT2D eigenvalue weighted by atomic mass is 9.89. The molecule has 1 aromatic heterocycles. The number of fused-ring (bicyclic) bond motifs is 1. The molecule has 0 unspecified atom stereocenters. The van der Waals surface area contributed by atoms with Crippen LogP contribution in [-0.4, -0.2) is 30.1 Å². The molecule has 1 aliphatic heterocycles. The van der Waals surface area contributed by atoms with Crippen LogP contribution < -0.4 is 0 Å². The maximum atomic E-state index is 11.7. The van der Waals surface area contributed by atoms with Gasteiger partial charge in [0.05, 0.1) is 24.2 Å². The third-order valence-electron chi connectivity index (χ3n) is 2.45. The summed E-state index contributed by atoms with van der Waals surface area (Å²) in [5.74, 6) is 0. The van der Waals surface area contributed by atoms with Crippen LogP contribution in [0.25, 0.3) is 0 Å². The summed E-state index contributed by atoms with van der Waals surface area (Å²) in [7, 11) is -3.35. The summed E-state index contributed by atoms with van der Waals surface area (Å²) in [6.45, 7) is 6.38. The van der Waals surface area contributed by atoms with Crippen molar-refractivity contribution < 1.29 is 8.42 Å². The van der Waals surface area contributed by atoms with Crippen LogP contribution in [0.5, 0.6) is 0 Å². The Morgan fingerprint density at radius 1 is 1.38 bits per heavy atom. The Bertz CT molecular complexity index is 562. The highest BCUT2D eigenvalue weighted by molar-refractivity contribution is 7.89. The second-order valence-corrected chi connectivity index (χ2v) is 6.85. The van der Waals surface area contributed by atoms with E-state index in [9.17, 15) is 8.42 Å². The fourth-order valence-corrected chi connectivity index (χ4v) is 2.81. The monoisotopic (exact) mass is 241 g/mol. The largest absolute Gasteiger partial charge is 0.286 e. The topological polar surface area (TPSA) is 64.3 Å². The predicted molar refractivity (Wildman–Crippen MR) is 62.5 cm³/mol. The average molecular weight is 241 g/mol. The molecule has 1 aromatic rings. The number of hydrogen-bond donors (Lipinski definition) is 0. The van der Waals surface area contributed by atoms with Gasteiger partial charge in [-0.05, 0) is 0 Å². The van der Waals surface area contributed by atoms with Crippen LogP contribution in [-0.2, 0) is 22.0 Å². The molecule has 16 heavy (non-hydrogen) atoms. The highest BCUT2D eigenvalue weighted by atomic mass is 32.2. The zero-order valence-electron chi connectivity index (χ0n) is 9.85. The van der Waals surface area contributed by atoms with Crippen LogP contribution in [0.4, 0.5) is 0 Å². The van der Waals surface area contributed by atoms with Gasteiger partial charge in [-0.25, -0.2) is 8.42 Å². The summed E-state index contributed by atoms with van der Waals surface area (Å²) in [5.41, 5.74) is 2.04. The van der Waals surface area contributed by atoms with Crippen molar-refractivity contribution >= 4 is 16.2 Å². The number of aliphatic imine (C=N–C) groups is 1. The minimum atomic E-state index is -3.35. The minimum Gasteiger partial charge on any atom is -0.286 e. The van der Waals surface area contributed by atoms with E-state index >= 15 is 0 Å². The van der Waals surface area contributed by atoms with E-state index < -0.39 is 10.0 Å². The Kier molecular flexibility index (Phi) is 2.24. The third kappa shape index (κ3) is 1.67. The maximum Gasteiger partial charge on any atom is 0.251 e. The molecule has 0 saturated heterocycles. The Balaban J connectivity index is 2.78. The number of nitrogens with zero attached hydrogens (tertiary/aromatic N) is 3. The van der Waals surface area contributed by atoms with E-state index in [2.05, 4.69) is 10.1 Å². The second kappa shape index (κ2) is 3.16. The standard InChI is InChI=1S/C10H15N3O2S/c1-10(2,3)9-7-5-11-6-8(7)12-13(9)16(4,14)15/h5H,6H2,1-4H3. The normalized spacial score (nSPS) is 15.5. The highest BCUT2D eigenvalue weighted by Gasteiger charge is 2.31. The van der Waals surface area contributed by atoms with Gasteiger partial charge in [0.1, 0.15) is 0 Å². The van der Waals surface area contributed by atoms with Gasteiger partial charge < -0.3 is 0 Å². The molecule has 0 N–H and O–H groups in total. The van der Waals surface area contributed by atoms with Crippen molar-refractivity contribution in [2.24, 2.45) is 4.99 Å². The lowest BCUT2D eigenvalue weighted by Crippen LogP contribution is -2.24. The molecule has 6 heteroatoms. The van der Waals surface area contributed by atoms with Gasteiger partial charge in [0.15, 0.2) is 0 Å². The molecule has 2 heterocycles. The van der Waals surface area contributed by atoms with E-state index in [4.69, 9.17) is 0 Å². The van der Waals surface area contributed by atoms with Crippen molar-refractivity contribution in [1.29, 1.82) is 0 Å². The second-order valence-electron chi connectivity index (χ2n) is 5.03. The van der Waals surface area contributed by atoms with Gasteiger partial charge in [0.25, 0.3) is 10.0 Å². The fourth-order valence-electron chi connectivity index (χ4n) is 1.86. The van der Waals surface area contributed by atoms with E-state index in [1.165, 1.54) is 6.26 Å². The van der Waals surface area contributed by atoms with Crippen molar-refractivity contribution in [3.8, 4) is 0 Å². The van der Waals surface area contributed by atoms with Gasteiger partial charge in [-0.3, -0.25) is 4.99 Å². The van der Waals surface area contributed by atoms with Crippen LogP contribution in [0.15, 0.2) is 4.99 Å². The number of rotatable bonds is 1. The van der Waals surface area contributed by atoms with Gasteiger partial charge in [-0.2, -0.15) is 9.19 Å². The fraction of sp³-hybridized carbons (Fsp3) is 0.600. The van der Waals surface area contributed by atoms with Crippen LogP contribution in [0.3, 0.4) is 0 Å². The molecule has 0 amide bonds. The zero-order valence-corrected chi connectivity index (χ0v) is 10.7. The van der Waals surface area contributed by atoms with Gasteiger partial charge >= 0.3 is 0 Å². The van der Waals surface area contributed by atoms with Crippen molar-refractivity contribution in [3.63, 3.8) is 0 Å². The van der Waals surface area contributed by atoms with Crippen molar-refractivity contribution in [2.45, 2.75) is 32.7 Å². The molecule has 0 atom stereocenters. The molecule has 88 valence electrons. The summed E-state index contributed by atoms with van der Waals surface area (Å²) in [5, 5.41) is 4.13. The van der Waals surface area contributed by atoms with E-state index in [-0.39, 0.29) is 5.41 Å². The van der Waals surface area contributed by atoms with Crippen LogP contribution in [0.1, 0.15) is 37.7 Å². The molecule has 5 nitrogen and oxygen atoms in total. The van der Waals surface area contributed by atoms with Gasteiger partial charge in [0.2, 0.25) is 0 Å². The van der Waals surface area contributed by atoms with Gasteiger partial charge in [-0.1, -0.05) is 20.8 Å². The molecule has 0 spiro atoms. The SMILES string of the molecule is CC(C)(C)c1c2c(nn1S(C)(=O)=O)CN=C2. The first-order valence-corrected chi connectivity index (χ1v) is 6.89. The van der Waals surface area contributed by atoms with Gasteiger partial charge in [0, 0.05) is 17.2 Å². The van der Waals surface area contributed by atoms with E-state index in [0.717, 1.165) is 15.3 Å². The summed E-state index contributed by atoms with van der Waals surface area (Å²) in [6.07, 6.45) is 2.88. The average Bonchev–Trinajstić information content (AvgIpc) is 2.53. The molecule has 0 fully saturated rings. The van der Waals surface area contributed by atoms with Crippen molar-refractivity contribution in [2.75, 3.05) is 6.26 Å². The molecular weight excluding hydrogens is 226 g/mol. The van der Waals surface area contributed by atoms with Crippen LogP contribution >= 0.6 is 0 Å². The summed E-state index contributed by atoms with van der Waals surface area (Å²) in [6, 6.07) is 0. The summed E-state index contributed by atoms with van der Waals surface area (Å²) < 4.78 is 24.5. The Labute approximate surface area is 95.2 Å². The molecule has 0 bridgehead atoms. The Morgan fingerprint density at radius 3 is 2.50 bits per heavy atom. The van der Waals surface area contributed by atoms with Crippen LogP contribution in [0.2, 0.25) is 0 Å². The first-order chi connectivity index (χ1) is 7.21. The molecule has 0 aromatic carbocycles. The smallest absolute Gasteiger partial charge is 0.251 e. The quantitative estimate of drug-likeness (QED) is 0.734. The molecule has 0 radical (unpaired) electrons. The summed E-state index contributed by atoms with van der Waals surface area (Å²) in [4.78, 5) is 4.11. The van der Waals surface area contributed by atoms with E-state index in [1.54, 1.807) is 6.21 Å². The molecular formula is C10H15N3O2S. The number of hydrogen-bond acceptors (Lipinski definition) is 4. The summed E-state index contributed by atoms with van der Waals surface area (Å²) >= 11 is 0. The van der Waals surface area contributed by atoms with Gasteiger partial charge in [-0.15, -0.1) is 0 Å². The lowest BCUT2D eigenvalue weighted by Gasteiger charge is -2.20. The first-order valence-electron chi connectivity index (χ1n) is 5.04. The zero-order chi connectivity index (χ0) is 12.1. The maximum absolute atomic E-state index is 11.7. The Morgan fingerprint density at radius 2 is 2.00 bits per heavy atom. The molecule has 0 aliphatic carbocycles. The van der Waals surface area contributed by atoms with Crippen LogP contribution in [0, 0.1) is 0 Å². The molecule has 1 aliphatic rings.